The van der Waals surface area contributed by atoms with Crippen molar-refractivity contribution in [1.82, 2.24) is 9.55 Å². The summed E-state index contributed by atoms with van der Waals surface area (Å²) in [5.74, 6) is 0. The summed E-state index contributed by atoms with van der Waals surface area (Å²) in [4.78, 5) is 9.16. The first kappa shape index (κ1) is 31.7. The molecule has 254 valence electrons. The normalized spacial score (nSPS) is 12.8. The van der Waals surface area contributed by atoms with Crippen molar-refractivity contribution < 1.29 is 0 Å². The van der Waals surface area contributed by atoms with Crippen LogP contribution in [0.1, 0.15) is 25.0 Å². The van der Waals surface area contributed by atoms with Crippen LogP contribution >= 0.6 is 0 Å². The van der Waals surface area contributed by atoms with Crippen LogP contribution in [-0.2, 0) is 5.41 Å². The molecule has 0 unspecified atom stereocenters. The zero-order valence-electron chi connectivity index (χ0n) is 30.1. The van der Waals surface area contributed by atoms with E-state index in [9.17, 15) is 0 Å². The van der Waals surface area contributed by atoms with Crippen molar-refractivity contribution in [3.05, 3.63) is 198 Å². The van der Waals surface area contributed by atoms with Gasteiger partial charge in [0.05, 0.1) is 29.0 Å². The quantitative estimate of drug-likeness (QED) is 0.165. The lowest BCUT2D eigenvalue weighted by molar-refractivity contribution is 0.661. The van der Waals surface area contributed by atoms with E-state index in [0.717, 1.165) is 56.0 Å². The van der Waals surface area contributed by atoms with E-state index in [4.69, 9.17) is 11.6 Å². The van der Waals surface area contributed by atoms with Gasteiger partial charge in [-0.3, -0.25) is 0 Å². The highest BCUT2D eigenvalue weighted by Crippen LogP contribution is 2.53. The molecule has 0 saturated heterocycles. The summed E-state index contributed by atoms with van der Waals surface area (Å²) in [7, 11) is 0. The summed E-state index contributed by atoms with van der Waals surface area (Å²) >= 11 is 0. The largest absolute Gasteiger partial charge is 0.309 e. The van der Waals surface area contributed by atoms with E-state index >= 15 is 0 Å². The monoisotopic (exact) mass is 689 g/mol. The van der Waals surface area contributed by atoms with Gasteiger partial charge < -0.3 is 4.57 Å². The fourth-order valence-corrected chi connectivity index (χ4v) is 8.60. The highest BCUT2D eigenvalue weighted by Gasteiger charge is 2.37. The van der Waals surface area contributed by atoms with Gasteiger partial charge in [-0.1, -0.05) is 153 Å². The maximum Gasteiger partial charge on any atom is 0.194 e. The van der Waals surface area contributed by atoms with Crippen LogP contribution in [-0.4, -0.2) is 9.55 Å². The van der Waals surface area contributed by atoms with Crippen LogP contribution in [0.4, 0.5) is 5.69 Å². The molecule has 1 aliphatic carbocycles. The Kier molecular flexibility index (Phi) is 7.22. The number of para-hydroxylation sites is 2. The molecule has 0 saturated carbocycles. The Morgan fingerprint density at radius 1 is 0.500 bits per heavy atom. The molecular weight excluding hydrogens is 655 g/mol. The topological polar surface area (TPSA) is 22.2 Å². The Morgan fingerprint density at radius 2 is 1.09 bits per heavy atom. The van der Waals surface area contributed by atoms with Crippen molar-refractivity contribution in [3.63, 3.8) is 0 Å². The number of benzene rings is 7. The third-order valence-electron chi connectivity index (χ3n) is 11.2. The van der Waals surface area contributed by atoms with Gasteiger partial charge >= 0.3 is 0 Å². The molecule has 0 radical (unpaired) electrons. The molecule has 2 heterocycles. The number of fused-ring (bicyclic) bond motifs is 7. The first-order valence-electron chi connectivity index (χ1n) is 18.4. The predicted molar refractivity (Wildman–Crippen MR) is 224 cm³/mol. The molecule has 54 heavy (non-hydrogen) atoms. The first-order valence-corrected chi connectivity index (χ1v) is 18.4. The Labute approximate surface area is 315 Å². The van der Waals surface area contributed by atoms with E-state index in [1.165, 1.54) is 38.5 Å². The van der Waals surface area contributed by atoms with Crippen LogP contribution in [0, 0.1) is 6.57 Å². The molecule has 0 amide bonds. The van der Waals surface area contributed by atoms with Gasteiger partial charge in [0, 0.05) is 38.6 Å². The Bertz CT molecular complexity index is 2900. The second-order valence-corrected chi connectivity index (χ2v) is 14.7. The highest BCUT2D eigenvalue weighted by molar-refractivity contribution is 6.15. The zero-order chi connectivity index (χ0) is 36.4. The third kappa shape index (κ3) is 4.92. The van der Waals surface area contributed by atoms with E-state index in [1.54, 1.807) is 0 Å². The highest BCUT2D eigenvalue weighted by atomic mass is 15.0. The van der Waals surface area contributed by atoms with E-state index in [0.29, 0.717) is 5.69 Å². The van der Waals surface area contributed by atoms with Crippen molar-refractivity contribution in [2.24, 2.45) is 0 Å². The van der Waals surface area contributed by atoms with Crippen molar-refractivity contribution >= 4 is 27.5 Å². The van der Waals surface area contributed by atoms with Gasteiger partial charge in [0.1, 0.15) is 0 Å². The maximum atomic E-state index is 8.11. The van der Waals surface area contributed by atoms with Crippen LogP contribution in [0.15, 0.2) is 176 Å². The number of hydrogen-bond donors (Lipinski definition) is 0. The predicted octanol–water partition coefficient (Wildman–Crippen LogP) is 13.7. The lowest BCUT2D eigenvalue weighted by atomic mass is 9.82. The molecule has 9 aromatic rings. The molecule has 0 fully saturated rings. The SMILES string of the molecule is [C-]#[N+]c1ccccc1-c1cc(-c2cc(-c3ccccc3)nc(-c3ccccc3)c2)cc(-n2c3ccccc3c3ccc4c(c32)-c2ccccc2C4(C)C)c1. The molecule has 10 rings (SSSR count). The average molecular weight is 690 g/mol. The fourth-order valence-electron chi connectivity index (χ4n) is 8.60. The van der Waals surface area contributed by atoms with Gasteiger partial charge in [0.15, 0.2) is 5.69 Å². The average Bonchev–Trinajstić information content (AvgIpc) is 3.69. The van der Waals surface area contributed by atoms with Gasteiger partial charge in [-0.05, 0) is 75.3 Å². The number of hydrogen-bond acceptors (Lipinski definition) is 1. The van der Waals surface area contributed by atoms with Gasteiger partial charge in [0.25, 0.3) is 0 Å². The number of rotatable bonds is 5. The summed E-state index contributed by atoms with van der Waals surface area (Å²) in [5.41, 5.74) is 17.1. The molecule has 3 nitrogen and oxygen atoms in total. The summed E-state index contributed by atoms with van der Waals surface area (Å²) in [6, 6.07) is 62.3. The zero-order valence-corrected chi connectivity index (χ0v) is 30.1. The van der Waals surface area contributed by atoms with Crippen LogP contribution in [0.25, 0.3) is 88.2 Å². The molecular formula is C51H35N3. The van der Waals surface area contributed by atoms with Gasteiger partial charge in [-0.25, -0.2) is 9.83 Å². The van der Waals surface area contributed by atoms with Crippen molar-refractivity contribution in [3.8, 4) is 61.6 Å². The molecule has 3 heteroatoms. The molecule has 0 N–H and O–H groups in total. The smallest absolute Gasteiger partial charge is 0.194 e. The van der Waals surface area contributed by atoms with Crippen molar-refractivity contribution in [1.29, 1.82) is 0 Å². The minimum absolute atomic E-state index is 0.137. The van der Waals surface area contributed by atoms with E-state index in [2.05, 4.69) is 169 Å². The van der Waals surface area contributed by atoms with Crippen molar-refractivity contribution in [2.75, 3.05) is 0 Å². The molecule has 2 aromatic heterocycles. The Morgan fingerprint density at radius 3 is 1.81 bits per heavy atom. The van der Waals surface area contributed by atoms with Crippen LogP contribution in [0.5, 0.6) is 0 Å². The molecule has 1 aliphatic rings. The van der Waals surface area contributed by atoms with Gasteiger partial charge in [0.2, 0.25) is 0 Å². The van der Waals surface area contributed by atoms with E-state index < -0.39 is 0 Å². The lowest BCUT2D eigenvalue weighted by Crippen LogP contribution is -2.14. The second-order valence-electron chi connectivity index (χ2n) is 14.7. The molecule has 0 aliphatic heterocycles. The summed E-state index contributed by atoms with van der Waals surface area (Å²) in [5, 5.41) is 2.44. The second kappa shape index (κ2) is 12.3. The number of pyridine rings is 1. The molecule has 0 bridgehead atoms. The summed E-state index contributed by atoms with van der Waals surface area (Å²) in [6.07, 6.45) is 0. The molecule has 7 aromatic carbocycles. The molecule has 0 spiro atoms. The fraction of sp³-hybridized carbons (Fsp3) is 0.0588. The number of nitrogens with zero attached hydrogens (tertiary/aromatic N) is 3. The van der Waals surface area contributed by atoms with Crippen molar-refractivity contribution in [2.45, 2.75) is 19.3 Å². The standard InChI is InChI=1S/C51H35N3/c1-51(2)43-23-13-10-22-42(43)49-44(51)27-26-41-40-21-12-15-25-48(40)54(50(41)49)38-29-35(28-37(30-38)39-20-11-14-24-45(39)52-3)36-31-46(33-16-6-4-7-17-33)53-47(32-36)34-18-8-5-9-19-34/h4-32H,1-2H3. The van der Waals surface area contributed by atoms with Crippen LogP contribution in [0.2, 0.25) is 0 Å². The van der Waals surface area contributed by atoms with Crippen LogP contribution in [0.3, 0.4) is 0 Å². The summed E-state index contributed by atoms with van der Waals surface area (Å²) in [6.45, 7) is 12.8. The van der Waals surface area contributed by atoms with E-state index in [1.807, 2.05) is 30.3 Å². The minimum atomic E-state index is -0.137. The third-order valence-corrected chi connectivity index (χ3v) is 11.2. The van der Waals surface area contributed by atoms with Gasteiger partial charge in [-0.15, -0.1) is 0 Å². The van der Waals surface area contributed by atoms with Crippen LogP contribution < -0.4 is 0 Å². The number of aromatic nitrogens is 2. The van der Waals surface area contributed by atoms with Gasteiger partial charge in [-0.2, -0.15) is 0 Å². The lowest BCUT2D eigenvalue weighted by Gasteiger charge is -2.21. The first-order chi connectivity index (χ1) is 26.5. The summed E-state index contributed by atoms with van der Waals surface area (Å²) < 4.78 is 2.46. The van der Waals surface area contributed by atoms with E-state index in [-0.39, 0.29) is 5.41 Å². The minimum Gasteiger partial charge on any atom is -0.309 e. The molecule has 0 atom stereocenters. The maximum absolute atomic E-state index is 8.11. The Hall–Kier alpha value is -7.02. The Balaban J connectivity index is 1.32.